The zero-order valence-corrected chi connectivity index (χ0v) is 22.2. The van der Waals surface area contributed by atoms with Gasteiger partial charge < -0.3 is 19.3 Å². The standard InChI is InChI=1S/C31H30N2O7/c1-38-28-18-22(27(33(36)37)19-29(28)39-2)21-40-30(35)26(20-34)32-31(23-12-6-3-7-13-23,24-14-8-4-9-15-24)25-16-10-5-11-17-25/h3-19,26,32,34H,20-21H2,1-2H3/t26-/m0/s1. The Labute approximate surface area is 232 Å². The lowest BCUT2D eigenvalue weighted by molar-refractivity contribution is -0.385. The van der Waals surface area contributed by atoms with E-state index in [1.54, 1.807) is 0 Å². The Balaban J connectivity index is 1.71. The first-order valence-corrected chi connectivity index (χ1v) is 12.6. The Kier molecular flexibility index (Phi) is 9.11. The molecule has 0 spiro atoms. The zero-order valence-electron chi connectivity index (χ0n) is 22.2. The van der Waals surface area contributed by atoms with Crippen molar-refractivity contribution in [1.29, 1.82) is 0 Å². The van der Waals surface area contributed by atoms with Crippen molar-refractivity contribution in [2.24, 2.45) is 0 Å². The highest BCUT2D eigenvalue weighted by atomic mass is 16.6. The number of aliphatic hydroxyl groups is 1. The average Bonchev–Trinajstić information content (AvgIpc) is 3.01. The molecule has 0 amide bonds. The van der Waals surface area contributed by atoms with Crippen molar-refractivity contribution in [2.45, 2.75) is 18.2 Å². The van der Waals surface area contributed by atoms with Crippen LogP contribution in [-0.4, -0.2) is 42.9 Å². The van der Waals surface area contributed by atoms with Gasteiger partial charge in [-0.1, -0.05) is 91.0 Å². The second-order valence-electron chi connectivity index (χ2n) is 8.93. The molecule has 4 aromatic rings. The minimum atomic E-state index is -1.18. The molecule has 0 heterocycles. The van der Waals surface area contributed by atoms with Crippen molar-refractivity contribution < 1.29 is 29.0 Å². The van der Waals surface area contributed by atoms with Crippen LogP contribution in [0.3, 0.4) is 0 Å². The summed E-state index contributed by atoms with van der Waals surface area (Å²) in [5, 5.41) is 25.5. The number of nitrogens with one attached hydrogen (secondary N) is 1. The number of hydrogen-bond acceptors (Lipinski definition) is 8. The second-order valence-corrected chi connectivity index (χ2v) is 8.93. The number of nitro groups is 1. The Morgan fingerprint density at radius 2 is 1.30 bits per heavy atom. The average molecular weight is 543 g/mol. The van der Waals surface area contributed by atoms with Gasteiger partial charge in [-0.3, -0.25) is 20.2 Å². The van der Waals surface area contributed by atoms with Crippen LogP contribution in [0.4, 0.5) is 5.69 Å². The van der Waals surface area contributed by atoms with E-state index in [4.69, 9.17) is 14.2 Å². The van der Waals surface area contributed by atoms with Gasteiger partial charge in [0, 0.05) is 0 Å². The highest BCUT2D eigenvalue weighted by Crippen LogP contribution is 2.38. The minimum absolute atomic E-state index is 0.119. The molecule has 0 bridgehead atoms. The SMILES string of the molecule is COc1cc(COC(=O)[C@H](CO)NC(c2ccccc2)(c2ccccc2)c2ccccc2)c([N+](=O)[O-])cc1OC. The molecule has 0 saturated carbocycles. The molecule has 0 saturated heterocycles. The summed E-state index contributed by atoms with van der Waals surface area (Å²) < 4.78 is 16.0. The number of hydrogen-bond donors (Lipinski definition) is 2. The zero-order chi connectivity index (χ0) is 28.5. The highest BCUT2D eigenvalue weighted by Gasteiger charge is 2.40. The first-order valence-electron chi connectivity index (χ1n) is 12.6. The van der Waals surface area contributed by atoms with E-state index in [1.807, 2.05) is 91.0 Å². The molecule has 9 nitrogen and oxygen atoms in total. The number of nitro benzene ring substituents is 1. The number of nitrogens with zero attached hydrogens (tertiary/aromatic N) is 1. The lowest BCUT2D eigenvalue weighted by atomic mass is 9.76. The topological polar surface area (TPSA) is 120 Å². The molecule has 2 N–H and O–H groups in total. The van der Waals surface area contributed by atoms with E-state index < -0.39 is 35.7 Å². The molecule has 1 atom stereocenters. The third-order valence-electron chi connectivity index (χ3n) is 6.63. The van der Waals surface area contributed by atoms with Crippen molar-refractivity contribution in [3.05, 3.63) is 135 Å². The van der Waals surface area contributed by atoms with Crippen molar-refractivity contribution in [1.82, 2.24) is 5.32 Å². The van der Waals surface area contributed by atoms with Crippen LogP contribution < -0.4 is 14.8 Å². The van der Waals surface area contributed by atoms with E-state index in [1.165, 1.54) is 26.4 Å². The Morgan fingerprint density at radius 1 is 0.850 bits per heavy atom. The first kappa shape index (κ1) is 28.3. The minimum Gasteiger partial charge on any atom is -0.493 e. The number of esters is 1. The maximum Gasteiger partial charge on any atom is 0.325 e. The number of benzene rings is 4. The third-order valence-corrected chi connectivity index (χ3v) is 6.63. The molecule has 0 unspecified atom stereocenters. The predicted octanol–water partition coefficient (Wildman–Crippen LogP) is 4.60. The van der Waals surface area contributed by atoms with Gasteiger partial charge in [0.1, 0.15) is 12.6 Å². The number of carbonyl (C=O) groups is 1. The Morgan fingerprint density at radius 3 is 1.70 bits per heavy atom. The Hall–Kier alpha value is -4.73. The quantitative estimate of drug-likeness (QED) is 0.115. The molecule has 9 heteroatoms. The molecule has 0 aliphatic carbocycles. The van der Waals surface area contributed by atoms with Gasteiger partial charge in [-0.15, -0.1) is 0 Å². The maximum atomic E-state index is 13.4. The summed E-state index contributed by atoms with van der Waals surface area (Å²) in [4.78, 5) is 24.5. The van der Waals surface area contributed by atoms with Gasteiger partial charge >= 0.3 is 5.97 Å². The normalized spacial score (nSPS) is 11.9. The van der Waals surface area contributed by atoms with Gasteiger partial charge in [0.15, 0.2) is 11.5 Å². The van der Waals surface area contributed by atoms with Gasteiger partial charge in [-0.25, -0.2) is 0 Å². The first-order chi connectivity index (χ1) is 19.4. The summed E-state index contributed by atoms with van der Waals surface area (Å²) >= 11 is 0. The molecule has 40 heavy (non-hydrogen) atoms. The number of methoxy groups -OCH3 is 2. The number of aliphatic hydroxyl groups excluding tert-OH is 1. The number of rotatable bonds is 12. The fourth-order valence-corrected chi connectivity index (χ4v) is 4.70. The molecule has 0 aliphatic heterocycles. The molecule has 0 fully saturated rings. The van der Waals surface area contributed by atoms with Gasteiger partial charge in [0.25, 0.3) is 5.69 Å². The molecule has 0 radical (unpaired) electrons. The summed E-state index contributed by atoms with van der Waals surface area (Å²) in [6.07, 6.45) is 0. The lowest BCUT2D eigenvalue weighted by Gasteiger charge is -2.39. The van der Waals surface area contributed by atoms with Crippen LogP contribution >= 0.6 is 0 Å². The summed E-state index contributed by atoms with van der Waals surface area (Å²) in [6, 6.07) is 30.2. The van der Waals surface area contributed by atoms with E-state index in [0.717, 1.165) is 16.7 Å². The van der Waals surface area contributed by atoms with Crippen molar-refractivity contribution in [2.75, 3.05) is 20.8 Å². The Bertz CT molecular complexity index is 1330. The van der Waals surface area contributed by atoms with Crippen LogP contribution in [0.25, 0.3) is 0 Å². The van der Waals surface area contributed by atoms with Crippen LogP contribution in [-0.2, 0) is 21.7 Å². The maximum absolute atomic E-state index is 13.4. The van der Waals surface area contributed by atoms with Crippen LogP contribution in [0.2, 0.25) is 0 Å². The van der Waals surface area contributed by atoms with Crippen LogP contribution in [0.15, 0.2) is 103 Å². The number of carbonyl (C=O) groups excluding carboxylic acids is 1. The van der Waals surface area contributed by atoms with Gasteiger partial charge in [0.2, 0.25) is 0 Å². The smallest absolute Gasteiger partial charge is 0.325 e. The second kappa shape index (κ2) is 12.9. The molecule has 0 aromatic heterocycles. The highest BCUT2D eigenvalue weighted by molar-refractivity contribution is 5.76. The molecular weight excluding hydrogens is 512 g/mol. The molecule has 0 aliphatic rings. The largest absolute Gasteiger partial charge is 0.493 e. The molecule has 206 valence electrons. The third kappa shape index (κ3) is 5.80. The van der Waals surface area contributed by atoms with Crippen molar-refractivity contribution >= 4 is 11.7 Å². The van der Waals surface area contributed by atoms with E-state index in [0.29, 0.717) is 0 Å². The van der Waals surface area contributed by atoms with Gasteiger partial charge in [-0.2, -0.15) is 0 Å². The van der Waals surface area contributed by atoms with E-state index in [9.17, 15) is 20.0 Å². The van der Waals surface area contributed by atoms with Crippen LogP contribution in [0.5, 0.6) is 11.5 Å². The van der Waals surface area contributed by atoms with Crippen molar-refractivity contribution in [3.8, 4) is 11.5 Å². The fourth-order valence-electron chi connectivity index (χ4n) is 4.70. The fraction of sp³-hybridized carbons (Fsp3) is 0.194. The molecular formula is C31H30N2O7. The summed E-state index contributed by atoms with van der Waals surface area (Å²) in [5.41, 5.74) is 1.32. The van der Waals surface area contributed by atoms with Crippen LogP contribution in [0, 0.1) is 10.1 Å². The van der Waals surface area contributed by atoms with Gasteiger partial charge in [0.05, 0.1) is 42.9 Å². The summed E-state index contributed by atoms with van der Waals surface area (Å²) in [5.74, 6) is -0.344. The van der Waals surface area contributed by atoms with Gasteiger partial charge in [-0.05, 0) is 22.8 Å². The van der Waals surface area contributed by atoms with E-state index >= 15 is 0 Å². The van der Waals surface area contributed by atoms with E-state index in [2.05, 4.69) is 5.32 Å². The van der Waals surface area contributed by atoms with Crippen LogP contribution in [0.1, 0.15) is 22.3 Å². The van der Waals surface area contributed by atoms with E-state index in [-0.39, 0.29) is 22.7 Å². The molecule has 4 rings (SSSR count). The van der Waals surface area contributed by atoms with Crippen molar-refractivity contribution in [3.63, 3.8) is 0 Å². The summed E-state index contributed by atoms with van der Waals surface area (Å²) in [7, 11) is 2.78. The summed E-state index contributed by atoms with van der Waals surface area (Å²) in [6.45, 7) is -0.996. The number of ether oxygens (including phenoxy) is 3. The predicted molar refractivity (Wildman–Crippen MR) is 149 cm³/mol. The monoisotopic (exact) mass is 542 g/mol. The molecule has 4 aromatic carbocycles. The lowest BCUT2D eigenvalue weighted by Crippen LogP contribution is -2.54.